The molecular weight excluding hydrogens is 204 g/mol. The third kappa shape index (κ3) is 2.99. The van der Waals surface area contributed by atoms with Crippen LogP contribution in [0.3, 0.4) is 0 Å². The van der Waals surface area contributed by atoms with Gasteiger partial charge in [-0.15, -0.1) is 0 Å². The minimum absolute atomic E-state index is 0.359. The van der Waals surface area contributed by atoms with E-state index in [1.165, 1.54) is 7.11 Å². The average Bonchev–Trinajstić information content (AvgIpc) is 2.25. The van der Waals surface area contributed by atoms with Crippen LogP contribution in [0.1, 0.15) is 29.8 Å². The normalized spacial score (nSPS) is 10.3. The molecule has 1 aromatic carbocycles. The molecule has 0 amide bonds. The molecule has 0 aromatic heterocycles. The van der Waals surface area contributed by atoms with Crippen LogP contribution >= 0.6 is 0 Å². The van der Waals surface area contributed by atoms with E-state index < -0.39 is 0 Å². The van der Waals surface area contributed by atoms with Crippen molar-refractivity contribution in [2.45, 2.75) is 20.8 Å². The number of ether oxygens (including phenoxy) is 2. The first kappa shape index (κ1) is 12.6. The molecule has 0 saturated heterocycles. The van der Waals surface area contributed by atoms with Crippen molar-refractivity contribution >= 4 is 5.97 Å². The maximum absolute atomic E-state index is 11.5. The monoisotopic (exact) mass is 222 g/mol. The molecule has 16 heavy (non-hydrogen) atoms. The molecule has 88 valence electrons. The lowest BCUT2D eigenvalue weighted by Gasteiger charge is -2.14. The van der Waals surface area contributed by atoms with E-state index >= 15 is 0 Å². The molecule has 0 spiro atoms. The summed E-state index contributed by atoms with van der Waals surface area (Å²) in [6.07, 6.45) is 0. The smallest absolute Gasteiger partial charge is 0.341 e. The fraction of sp³-hybridized carbons (Fsp3) is 0.462. The molecule has 0 atom stereocenters. The second-order valence-electron chi connectivity index (χ2n) is 4.15. The minimum atomic E-state index is -0.359. The molecular formula is C13H18O3. The number of carbonyl (C=O) groups is 1. The highest BCUT2D eigenvalue weighted by molar-refractivity contribution is 5.92. The van der Waals surface area contributed by atoms with Crippen LogP contribution in [0.5, 0.6) is 5.75 Å². The van der Waals surface area contributed by atoms with E-state index in [1.54, 1.807) is 6.07 Å². The maximum Gasteiger partial charge on any atom is 0.341 e. The molecule has 0 bridgehead atoms. The third-order valence-corrected chi connectivity index (χ3v) is 2.18. The highest BCUT2D eigenvalue weighted by atomic mass is 16.5. The fourth-order valence-electron chi connectivity index (χ4n) is 1.36. The molecule has 0 aliphatic carbocycles. The van der Waals surface area contributed by atoms with Crippen LogP contribution in [0.2, 0.25) is 0 Å². The lowest BCUT2D eigenvalue weighted by atomic mass is 10.1. The molecule has 0 fully saturated rings. The van der Waals surface area contributed by atoms with Crippen LogP contribution in [0.15, 0.2) is 18.2 Å². The van der Waals surface area contributed by atoms with Gasteiger partial charge in [0.25, 0.3) is 0 Å². The van der Waals surface area contributed by atoms with Gasteiger partial charge in [-0.2, -0.15) is 0 Å². The van der Waals surface area contributed by atoms with Crippen LogP contribution in [-0.4, -0.2) is 19.7 Å². The van der Waals surface area contributed by atoms with Gasteiger partial charge in [0, 0.05) is 0 Å². The van der Waals surface area contributed by atoms with E-state index in [2.05, 4.69) is 13.8 Å². The molecule has 3 nitrogen and oxygen atoms in total. The number of esters is 1. The molecule has 0 aliphatic rings. The summed E-state index contributed by atoms with van der Waals surface area (Å²) >= 11 is 0. The van der Waals surface area contributed by atoms with Gasteiger partial charge in [0.2, 0.25) is 0 Å². The Labute approximate surface area is 96.4 Å². The van der Waals surface area contributed by atoms with Crippen molar-refractivity contribution in [3.8, 4) is 5.75 Å². The Morgan fingerprint density at radius 1 is 1.38 bits per heavy atom. The lowest BCUT2D eigenvalue weighted by molar-refractivity contribution is 0.0595. The predicted octanol–water partition coefficient (Wildman–Crippen LogP) is 2.82. The minimum Gasteiger partial charge on any atom is -0.492 e. The molecule has 0 radical (unpaired) electrons. The molecule has 1 aromatic rings. The summed E-state index contributed by atoms with van der Waals surface area (Å²) in [5.74, 6) is 0.690. The van der Waals surface area contributed by atoms with Crippen molar-refractivity contribution in [1.82, 2.24) is 0 Å². The molecule has 1 rings (SSSR count). The van der Waals surface area contributed by atoms with Gasteiger partial charge in [0.05, 0.1) is 13.7 Å². The van der Waals surface area contributed by atoms with Crippen molar-refractivity contribution in [1.29, 1.82) is 0 Å². The Balaban J connectivity index is 2.99. The molecule has 0 unspecified atom stereocenters. The first-order valence-electron chi connectivity index (χ1n) is 5.37. The van der Waals surface area contributed by atoms with Crippen LogP contribution in [0.25, 0.3) is 0 Å². The second-order valence-corrected chi connectivity index (χ2v) is 4.15. The summed E-state index contributed by atoms with van der Waals surface area (Å²) in [5, 5.41) is 0. The van der Waals surface area contributed by atoms with Gasteiger partial charge in [0.15, 0.2) is 0 Å². The summed E-state index contributed by atoms with van der Waals surface area (Å²) in [5.41, 5.74) is 1.44. The maximum atomic E-state index is 11.5. The van der Waals surface area contributed by atoms with Crippen molar-refractivity contribution in [2.75, 3.05) is 13.7 Å². The quantitative estimate of drug-likeness (QED) is 0.735. The predicted molar refractivity (Wildman–Crippen MR) is 62.9 cm³/mol. The topological polar surface area (TPSA) is 35.5 Å². The number of benzene rings is 1. The van der Waals surface area contributed by atoms with Crippen molar-refractivity contribution in [3.63, 3.8) is 0 Å². The third-order valence-electron chi connectivity index (χ3n) is 2.18. The Kier molecular flexibility index (Phi) is 4.35. The van der Waals surface area contributed by atoms with E-state index in [9.17, 15) is 4.79 Å². The van der Waals surface area contributed by atoms with Gasteiger partial charge in [-0.05, 0) is 24.5 Å². The summed E-state index contributed by atoms with van der Waals surface area (Å²) in [7, 11) is 1.37. The summed E-state index contributed by atoms with van der Waals surface area (Å²) in [6.45, 7) is 6.64. The summed E-state index contributed by atoms with van der Waals surface area (Å²) in [6, 6.07) is 5.46. The van der Waals surface area contributed by atoms with E-state index in [4.69, 9.17) is 9.47 Å². The second kappa shape index (κ2) is 5.54. The average molecular weight is 222 g/mol. The van der Waals surface area contributed by atoms with Gasteiger partial charge in [-0.1, -0.05) is 26.0 Å². The van der Waals surface area contributed by atoms with Gasteiger partial charge < -0.3 is 9.47 Å². The Bertz CT molecular complexity index is 369. The van der Waals surface area contributed by atoms with Crippen molar-refractivity contribution < 1.29 is 14.3 Å². The van der Waals surface area contributed by atoms with Gasteiger partial charge >= 0.3 is 5.97 Å². The Hall–Kier alpha value is -1.51. The number of rotatable bonds is 4. The number of carbonyl (C=O) groups excluding carboxylic acids is 1. The zero-order valence-corrected chi connectivity index (χ0v) is 10.2. The number of para-hydroxylation sites is 1. The van der Waals surface area contributed by atoms with Gasteiger partial charge in [-0.3, -0.25) is 0 Å². The summed E-state index contributed by atoms with van der Waals surface area (Å²) < 4.78 is 10.4. The van der Waals surface area contributed by atoms with E-state index in [0.29, 0.717) is 23.8 Å². The zero-order valence-electron chi connectivity index (χ0n) is 10.2. The number of hydrogen-bond acceptors (Lipinski definition) is 3. The van der Waals surface area contributed by atoms with E-state index in [0.717, 1.165) is 5.56 Å². The molecule has 0 heterocycles. The molecule has 0 aliphatic heterocycles. The number of aryl methyl sites for hydroxylation is 1. The highest BCUT2D eigenvalue weighted by Gasteiger charge is 2.15. The standard InChI is InChI=1S/C13H18O3/c1-9(2)8-16-12-10(3)6-5-7-11(12)13(14)15-4/h5-7,9H,8H2,1-4H3. The Morgan fingerprint density at radius 2 is 2.06 bits per heavy atom. The van der Waals surface area contributed by atoms with Crippen LogP contribution < -0.4 is 4.74 Å². The largest absolute Gasteiger partial charge is 0.492 e. The number of methoxy groups -OCH3 is 1. The highest BCUT2D eigenvalue weighted by Crippen LogP contribution is 2.24. The SMILES string of the molecule is COC(=O)c1cccc(C)c1OCC(C)C. The van der Waals surface area contributed by atoms with Crippen LogP contribution in [-0.2, 0) is 4.74 Å². The first-order valence-corrected chi connectivity index (χ1v) is 5.37. The first-order chi connectivity index (χ1) is 7.56. The van der Waals surface area contributed by atoms with E-state index in [1.807, 2.05) is 19.1 Å². The van der Waals surface area contributed by atoms with Crippen LogP contribution in [0.4, 0.5) is 0 Å². The summed E-state index contributed by atoms with van der Waals surface area (Å²) in [4.78, 5) is 11.5. The van der Waals surface area contributed by atoms with Gasteiger partial charge in [-0.25, -0.2) is 4.79 Å². The van der Waals surface area contributed by atoms with Crippen molar-refractivity contribution in [2.24, 2.45) is 5.92 Å². The molecule has 0 saturated carbocycles. The number of hydrogen-bond donors (Lipinski definition) is 0. The lowest BCUT2D eigenvalue weighted by Crippen LogP contribution is -2.10. The van der Waals surface area contributed by atoms with Crippen molar-refractivity contribution in [3.05, 3.63) is 29.3 Å². The zero-order chi connectivity index (χ0) is 12.1. The van der Waals surface area contributed by atoms with Gasteiger partial charge in [0.1, 0.15) is 11.3 Å². The van der Waals surface area contributed by atoms with E-state index in [-0.39, 0.29) is 5.97 Å². The molecule has 3 heteroatoms. The fourth-order valence-corrected chi connectivity index (χ4v) is 1.36. The Morgan fingerprint density at radius 3 is 2.62 bits per heavy atom. The molecule has 0 N–H and O–H groups in total. The van der Waals surface area contributed by atoms with Crippen LogP contribution in [0, 0.1) is 12.8 Å².